The van der Waals surface area contributed by atoms with Crippen LogP contribution in [0.1, 0.15) is 18.4 Å². The zero-order valence-electron chi connectivity index (χ0n) is 14.2. The lowest BCUT2D eigenvalue weighted by Gasteiger charge is -2.25. The summed E-state index contributed by atoms with van der Waals surface area (Å²) < 4.78 is 0. The molecule has 2 aromatic rings. The molecule has 25 heavy (non-hydrogen) atoms. The Labute approximate surface area is 153 Å². The fourth-order valence-corrected chi connectivity index (χ4v) is 2.99. The maximum absolute atomic E-state index is 11.9. The molecule has 1 heterocycles. The smallest absolute Gasteiger partial charge is 0.325 e. The van der Waals surface area contributed by atoms with Gasteiger partial charge in [0.1, 0.15) is 0 Å². The number of nitrogens with one attached hydrogen (secondary N) is 1. The van der Waals surface area contributed by atoms with Crippen LogP contribution in [-0.2, 0) is 16.1 Å². The van der Waals surface area contributed by atoms with Gasteiger partial charge in [0.25, 0.3) is 0 Å². The molecule has 0 aromatic heterocycles. The molecular weight excluding hydrogens is 336 g/mol. The summed E-state index contributed by atoms with van der Waals surface area (Å²) in [5.41, 5.74) is 3.54. The van der Waals surface area contributed by atoms with Crippen LogP contribution in [0.4, 0.5) is 0 Å². The third kappa shape index (κ3) is 5.56. The maximum atomic E-state index is 11.9. The summed E-state index contributed by atoms with van der Waals surface area (Å²) >= 11 is 5.92. The summed E-state index contributed by atoms with van der Waals surface area (Å²) in [6.45, 7) is 3.26. The van der Waals surface area contributed by atoms with Gasteiger partial charge in [-0.15, -0.1) is 5.06 Å². The van der Waals surface area contributed by atoms with Gasteiger partial charge in [-0.05, 0) is 41.7 Å². The summed E-state index contributed by atoms with van der Waals surface area (Å²) in [6, 6.07) is 16.3. The second-order valence-corrected chi connectivity index (χ2v) is 6.64. The molecule has 1 aliphatic rings. The molecule has 2 aromatic carbocycles. The second-order valence-electron chi connectivity index (χ2n) is 6.20. The normalized spacial score (nSPS) is 15.1. The van der Waals surface area contributed by atoms with Crippen molar-refractivity contribution in [2.75, 3.05) is 26.2 Å². The van der Waals surface area contributed by atoms with Crippen LogP contribution >= 0.6 is 11.6 Å². The molecular formula is C20H23ClN2O2. The largest absolute Gasteiger partial charge is 0.368 e. The van der Waals surface area contributed by atoms with Gasteiger partial charge in [-0.1, -0.05) is 48.0 Å². The van der Waals surface area contributed by atoms with Crippen molar-refractivity contribution in [1.82, 2.24) is 10.4 Å². The highest BCUT2D eigenvalue weighted by atomic mass is 35.5. The van der Waals surface area contributed by atoms with E-state index in [9.17, 15) is 4.79 Å². The van der Waals surface area contributed by atoms with Crippen LogP contribution in [0.3, 0.4) is 0 Å². The Morgan fingerprint density at radius 3 is 2.24 bits per heavy atom. The molecule has 0 bridgehead atoms. The molecule has 1 saturated heterocycles. The van der Waals surface area contributed by atoms with Crippen LogP contribution in [-0.4, -0.2) is 37.2 Å². The minimum atomic E-state index is -0.139. The number of piperazine rings is 1. The summed E-state index contributed by atoms with van der Waals surface area (Å²) in [5, 5.41) is 5.73. The lowest BCUT2D eigenvalue weighted by atomic mass is 10.0. The lowest BCUT2D eigenvalue weighted by molar-refractivity contribution is -0.192. The van der Waals surface area contributed by atoms with Crippen LogP contribution in [0.2, 0.25) is 5.02 Å². The van der Waals surface area contributed by atoms with Crippen molar-refractivity contribution in [3.63, 3.8) is 0 Å². The molecule has 132 valence electrons. The number of hydrogen-bond donors (Lipinski definition) is 1. The minimum absolute atomic E-state index is 0.139. The van der Waals surface area contributed by atoms with Gasteiger partial charge in [0.15, 0.2) is 0 Å². The molecule has 0 saturated carbocycles. The van der Waals surface area contributed by atoms with Crippen molar-refractivity contribution in [2.45, 2.75) is 19.3 Å². The molecule has 5 heteroatoms. The van der Waals surface area contributed by atoms with Crippen LogP contribution < -0.4 is 5.32 Å². The number of carbonyl (C=O) groups excluding carboxylic acids is 1. The van der Waals surface area contributed by atoms with Gasteiger partial charge in [-0.3, -0.25) is 4.79 Å². The first-order valence-electron chi connectivity index (χ1n) is 8.72. The number of rotatable bonds is 6. The highest BCUT2D eigenvalue weighted by molar-refractivity contribution is 6.30. The zero-order chi connectivity index (χ0) is 17.5. The van der Waals surface area contributed by atoms with Crippen LogP contribution in [0, 0.1) is 0 Å². The zero-order valence-corrected chi connectivity index (χ0v) is 15.0. The lowest BCUT2D eigenvalue weighted by Crippen LogP contribution is -2.44. The number of halogens is 1. The topological polar surface area (TPSA) is 41.6 Å². The fraction of sp³-hybridized carbons (Fsp3) is 0.350. The Balaban J connectivity index is 1.44. The number of nitrogens with zero attached hydrogens (tertiary/aromatic N) is 1. The van der Waals surface area contributed by atoms with Crippen LogP contribution in [0.15, 0.2) is 48.5 Å². The molecule has 3 rings (SSSR count). The second kappa shape index (κ2) is 8.99. The summed E-state index contributed by atoms with van der Waals surface area (Å²) in [6.07, 6.45) is 2.12. The number of aryl methyl sites for hydroxylation is 1. The van der Waals surface area contributed by atoms with E-state index in [-0.39, 0.29) is 5.97 Å². The molecule has 0 amide bonds. The Bertz CT molecular complexity index is 680. The predicted octanol–water partition coefficient (Wildman–Crippen LogP) is 3.69. The number of carbonyl (C=O) groups is 1. The Kier molecular flexibility index (Phi) is 6.45. The van der Waals surface area contributed by atoms with E-state index in [0.29, 0.717) is 6.42 Å². The Morgan fingerprint density at radius 1 is 1.00 bits per heavy atom. The van der Waals surface area contributed by atoms with E-state index in [1.165, 1.54) is 11.1 Å². The third-order valence-electron chi connectivity index (χ3n) is 4.28. The molecule has 0 radical (unpaired) electrons. The van der Waals surface area contributed by atoms with Gasteiger partial charge in [0, 0.05) is 37.6 Å². The molecule has 0 unspecified atom stereocenters. The Morgan fingerprint density at radius 2 is 1.60 bits per heavy atom. The van der Waals surface area contributed by atoms with Gasteiger partial charge < -0.3 is 10.2 Å². The van der Waals surface area contributed by atoms with Gasteiger partial charge in [-0.2, -0.15) is 0 Å². The fourth-order valence-electron chi connectivity index (χ4n) is 2.87. The van der Waals surface area contributed by atoms with Crippen LogP contribution in [0.25, 0.3) is 11.1 Å². The average Bonchev–Trinajstić information content (AvgIpc) is 2.64. The molecule has 0 aliphatic carbocycles. The van der Waals surface area contributed by atoms with E-state index in [0.717, 1.165) is 49.6 Å². The molecule has 1 aliphatic heterocycles. The highest BCUT2D eigenvalue weighted by Gasteiger charge is 2.14. The standard InChI is InChI=1S/C20H23ClN2O2/c21-19-10-8-18(9-11-19)17-6-4-16(5-7-17)2-1-3-20(24)25-23-14-12-22-13-15-23/h4-11,22H,1-3,12-15H2. The average molecular weight is 359 g/mol. The predicted molar refractivity (Wildman–Crippen MR) is 100 cm³/mol. The first-order chi connectivity index (χ1) is 12.2. The van der Waals surface area contributed by atoms with Crippen molar-refractivity contribution >= 4 is 17.6 Å². The van der Waals surface area contributed by atoms with E-state index < -0.39 is 0 Å². The molecule has 4 nitrogen and oxygen atoms in total. The van der Waals surface area contributed by atoms with Crippen molar-refractivity contribution in [3.8, 4) is 11.1 Å². The van der Waals surface area contributed by atoms with Crippen molar-refractivity contribution < 1.29 is 9.63 Å². The highest BCUT2D eigenvalue weighted by Crippen LogP contribution is 2.22. The van der Waals surface area contributed by atoms with Crippen molar-refractivity contribution in [3.05, 3.63) is 59.1 Å². The van der Waals surface area contributed by atoms with Gasteiger partial charge in [0.05, 0.1) is 0 Å². The van der Waals surface area contributed by atoms with E-state index in [1.54, 1.807) is 5.06 Å². The van der Waals surface area contributed by atoms with E-state index in [2.05, 4.69) is 29.6 Å². The van der Waals surface area contributed by atoms with Gasteiger partial charge >= 0.3 is 5.97 Å². The van der Waals surface area contributed by atoms with E-state index in [1.807, 2.05) is 24.3 Å². The first kappa shape index (κ1) is 17.9. The van der Waals surface area contributed by atoms with Gasteiger partial charge in [-0.25, -0.2) is 0 Å². The van der Waals surface area contributed by atoms with E-state index >= 15 is 0 Å². The van der Waals surface area contributed by atoms with Crippen LogP contribution in [0.5, 0.6) is 0 Å². The SMILES string of the molecule is O=C(CCCc1ccc(-c2ccc(Cl)cc2)cc1)ON1CCNCC1. The summed E-state index contributed by atoms with van der Waals surface area (Å²) in [7, 11) is 0. The van der Waals surface area contributed by atoms with Crippen molar-refractivity contribution in [1.29, 1.82) is 0 Å². The molecule has 0 atom stereocenters. The van der Waals surface area contributed by atoms with E-state index in [4.69, 9.17) is 16.4 Å². The molecule has 1 fully saturated rings. The van der Waals surface area contributed by atoms with Crippen molar-refractivity contribution in [2.24, 2.45) is 0 Å². The maximum Gasteiger partial charge on any atom is 0.325 e. The number of benzene rings is 2. The molecule has 0 spiro atoms. The summed E-state index contributed by atoms with van der Waals surface area (Å²) in [4.78, 5) is 17.2. The first-order valence-corrected chi connectivity index (χ1v) is 9.10. The third-order valence-corrected chi connectivity index (χ3v) is 4.54. The monoisotopic (exact) mass is 358 g/mol. The molecule has 1 N–H and O–H groups in total. The number of hydroxylamine groups is 2. The minimum Gasteiger partial charge on any atom is -0.368 e. The Hall–Kier alpha value is -1.88. The summed E-state index contributed by atoms with van der Waals surface area (Å²) in [5.74, 6) is -0.139. The number of hydrogen-bond acceptors (Lipinski definition) is 4. The van der Waals surface area contributed by atoms with Gasteiger partial charge in [0.2, 0.25) is 0 Å². The quantitative estimate of drug-likeness (QED) is 0.855.